The summed E-state index contributed by atoms with van der Waals surface area (Å²) in [5.74, 6) is 0.212. The maximum Gasteiger partial charge on any atom is 0.149 e. The highest BCUT2D eigenvalue weighted by molar-refractivity contribution is 5.90. The monoisotopic (exact) mass is 297 g/mol. The molecule has 0 saturated carbocycles. The van der Waals surface area contributed by atoms with Crippen LogP contribution in [0.2, 0.25) is 0 Å². The number of para-hydroxylation sites is 1. The number of aromatic nitrogens is 2. The van der Waals surface area contributed by atoms with Gasteiger partial charge in [0.1, 0.15) is 23.5 Å². The normalized spacial score (nSPS) is 10.8. The van der Waals surface area contributed by atoms with Gasteiger partial charge in [-0.1, -0.05) is 18.2 Å². The zero-order valence-electron chi connectivity index (χ0n) is 12.0. The van der Waals surface area contributed by atoms with Crippen molar-refractivity contribution in [3.05, 3.63) is 60.2 Å². The Morgan fingerprint density at radius 2 is 1.95 bits per heavy atom. The predicted molar refractivity (Wildman–Crippen MR) is 84.6 cm³/mol. The Morgan fingerprint density at radius 3 is 2.82 bits per heavy atom. The molecule has 1 aromatic heterocycles. The Bertz CT molecular complexity index is 792. The van der Waals surface area contributed by atoms with E-state index < -0.39 is 0 Å². The lowest BCUT2D eigenvalue weighted by molar-refractivity contribution is 0.288. The largest absolute Gasteiger partial charge is 0.396 e. The molecule has 4 nitrogen and oxygen atoms in total. The molecule has 0 amide bonds. The number of halogens is 1. The third-order valence-corrected chi connectivity index (χ3v) is 3.43. The van der Waals surface area contributed by atoms with Crippen molar-refractivity contribution in [2.24, 2.45) is 0 Å². The van der Waals surface area contributed by atoms with E-state index in [9.17, 15) is 4.39 Å². The van der Waals surface area contributed by atoms with Crippen LogP contribution >= 0.6 is 0 Å². The fourth-order valence-corrected chi connectivity index (χ4v) is 2.38. The van der Waals surface area contributed by atoms with Crippen LogP contribution in [0.1, 0.15) is 12.0 Å². The number of anilines is 2. The molecule has 22 heavy (non-hydrogen) atoms. The van der Waals surface area contributed by atoms with E-state index in [1.54, 1.807) is 12.1 Å². The van der Waals surface area contributed by atoms with Crippen molar-refractivity contribution in [2.45, 2.75) is 12.8 Å². The van der Waals surface area contributed by atoms with Crippen LogP contribution in [0.3, 0.4) is 0 Å². The van der Waals surface area contributed by atoms with Crippen molar-refractivity contribution >= 4 is 22.4 Å². The van der Waals surface area contributed by atoms with Gasteiger partial charge in [0.2, 0.25) is 0 Å². The Balaban J connectivity index is 1.92. The highest BCUT2D eigenvalue weighted by Gasteiger charge is 2.07. The summed E-state index contributed by atoms with van der Waals surface area (Å²) in [7, 11) is 0. The fraction of sp³-hybridized carbons (Fsp3) is 0.176. The minimum Gasteiger partial charge on any atom is -0.396 e. The average Bonchev–Trinajstić information content (AvgIpc) is 2.54. The van der Waals surface area contributed by atoms with Crippen molar-refractivity contribution in [1.29, 1.82) is 0 Å². The molecule has 3 rings (SSSR count). The molecule has 112 valence electrons. The first-order valence-electron chi connectivity index (χ1n) is 7.14. The molecule has 0 atom stereocenters. The van der Waals surface area contributed by atoms with E-state index in [4.69, 9.17) is 5.11 Å². The van der Waals surface area contributed by atoms with E-state index in [2.05, 4.69) is 15.3 Å². The van der Waals surface area contributed by atoms with Crippen molar-refractivity contribution in [1.82, 2.24) is 9.97 Å². The first-order chi connectivity index (χ1) is 10.8. The molecule has 0 saturated heterocycles. The number of benzene rings is 2. The first kappa shape index (κ1) is 14.4. The number of nitrogens with one attached hydrogen (secondary N) is 1. The summed E-state index contributed by atoms with van der Waals surface area (Å²) in [5.41, 5.74) is 2.31. The molecule has 0 fully saturated rings. The second kappa shape index (κ2) is 6.49. The third-order valence-electron chi connectivity index (χ3n) is 3.43. The summed E-state index contributed by atoms with van der Waals surface area (Å²) in [5, 5.41) is 12.8. The molecule has 0 aliphatic rings. The van der Waals surface area contributed by atoms with E-state index in [0.717, 1.165) is 24.1 Å². The number of fused-ring (bicyclic) bond motifs is 1. The van der Waals surface area contributed by atoms with Crippen molar-refractivity contribution in [2.75, 3.05) is 11.9 Å². The minimum absolute atomic E-state index is 0.174. The van der Waals surface area contributed by atoms with Crippen LogP contribution < -0.4 is 5.32 Å². The van der Waals surface area contributed by atoms with Crippen LogP contribution in [-0.4, -0.2) is 21.7 Å². The van der Waals surface area contributed by atoms with Crippen LogP contribution in [0.4, 0.5) is 15.9 Å². The highest BCUT2D eigenvalue weighted by atomic mass is 19.1. The van der Waals surface area contributed by atoms with E-state index in [-0.39, 0.29) is 12.4 Å². The molecule has 5 heteroatoms. The van der Waals surface area contributed by atoms with Gasteiger partial charge in [0, 0.05) is 17.7 Å². The summed E-state index contributed by atoms with van der Waals surface area (Å²) < 4.78 is 13.8. The van der Waals surface area contributed by atoms with E-state index >= 15 is 0 Å². The third kappa shape index (κ3) is 3.04. The van der Waals surface area contributed by atoms with E-state index in [1.165, 1.54) is 12.4 Å². The summed E-state index contributed by atoms with van der Waals surface area (Å²) >= 11 is 0. The topological polar surface area (TPSA) is 58.0 Å². The molecular weight excluding hydrogens is 281 g/mol. The van der Waals surface area contributed by atoms with Gasteiger partial charge >= 0.3 is 0 Å². The summed E-state index contributed by atoms with van der Waals surface area (Å²) in [4.78, 5) is 8.19. The molecule has 3 aromatic rings. The summed E-state index contributed by atoms with van der Waals surface area (Å²) in [6, 6.07) is 12.7. The molecule has 2 aromatic carbocycles. The van der Waals surface area contributed by atoms with Crippen molar-refractivity contribution in [3.63, 3.8) is 0 Å². The van der Waals surface area contributed by atoms with Gasteiger partial charge in [-0.25, -0.2) is 14.4 Å². The van der Waals surface area contributed by atoms with E-state index in [1.807, 2.05) is 24.3 Å². The number of aliphatic hydroxyl groups is 1. The van der Waals surface area contributed by atoms with Gasteiger partial charge in [-0.2, -0.15) is 0 Å². The Hall–Kier alpha value is -2.53. The maximum absolute atomic E-state index is 13.8. The zero-order chi connectivity index (χ0) is 15.4. The molecule has 0 bridgehead atoms. The van der Waals surface area contributed by atoms with Crippen LogP contribution in [0.15, 0.2) is 48.8 Å². The number of nitrogens with zero attached hydrogens (tertiary/aromatic N) is 2. The number of rotatable bonds is 5. The molecule has 1 heterocycles. The first-order valence-corrected chi connectivity index (χ1v) is 7.14. The van der Waals surface area contributed by atoms with Crippen LogP contribution in [-0.2, 0) is 6.42 Å². The molecule has 0 aliphatic carbocycles. The predicted octanol–water partition coefficient (Wildman–Crippen LogP) is 3.44. The molecule has 2 N–H and O–H groups in total. The standard InChI is InChI=1S/C17H16FN3O/c18-15-8-2-7-14-16(15)19-11-20-17(14)21-13-6-1-4-12(10-13)5-3-9-22/h1-2,4,6-8,10-11,22H,3,5,9H2,(H,19,20,21). The van der Waals surface area contributed by atoms with Crippen molar-refractivity contribution < 1.29 is 9.50 Å². The summed E-state index contributed by atoms with van der Waals surface area (Å²) in [6.07, 6.45) is 2.89. The second-order valence-electron chi connectivity index (χ2n) is 5.01. The highest BCUT2D eigenvalue weighted by Crippen LogP contribution is 2.24. The van der Waals surface area contributed by atoms with Gasteiger partial charge in [-0.3, -0.25) is 0 Å². The Kier molecular flexibility index (Phi) is 4.25. The molecule has 0 radical (unpaired) electrons. The fourth-order valence-electron chi connectivity index (χ4n) is 2.38. The molecule has 0 unspecified atom stereocenters. The lowest BCUT2D eigenvalue weighted by atomic mass is 10.1. The quantitative estimate of drug-likeness (QED) is 0.757. The van der Waals surface area contributed by atoms with Crippen LogP contribution in [0.25, 0.3) is 10.9 Å². The van der Waals surface area contributed by atoms with Crippen LogP contribution in [0.5, 0.6) is 0 Å². The minimum atomic E-state index is -0.361. The Labute approximate surface area is 127 Å². The lowest BCUT2D eigenvalue weighted by Crippen LogP contribution is -1.98. The van der Waals surface area contributed by atoms with E-state index in [0.29, 0.717) is 16.7 Å². The Morgan fingerprint density at radius 1 is 1.09 bits per heavy atom. The molecule has 0 aliphatic heterocycles. The zero-order valence-corrected chi connectivity index (χ0v) is 12.0. The molecule has 0 spiro atoms. The van der Waals surface area contributed by atoms with Crippen molar-refractivity contribution in [3.8, 4) is 0 Å². The smallest absolute Gasteiger partial charge is 0.149 e. The van der Waals surface area contributed by atoms with Gasteiger partial charge in [0.05, 0.1) is 0 Å². The van der Waals surface area contributed by atoms with Gasteiger partial charge in [-0.15, -0.1) is 0 Å². The van der Waals surface area contributed by atoms with Gasteiger partial charge in [0.15, 0.2) is 0 Å². The number of aryl methyl sites for hydroxylation is 1. The van der Waals surface area contributed by atoms with Crippen LogP contribution in [0, 0.1) is 5.82 Å². The average molecular weight is 297 g/mol. The number of hydrogen-bond donors (Lipinski definition) is 2. The molecular formula is C17H16FN3O. The maximum atomic E-state index is 13.8. The second-order valence-corrected chi connectivity index (χ2v) is 5.01. The number of hydrogen-bond acceptors (Lipinski definition) is 4. The van der Waals surface area contributed by atoms with Gasteiger partial charge in [-0.05, 0) is 42.7 Å². The SMILES string of the molecule is OCCCc1cccc(Nc2ncnc3c(F)cccc23)c1. The summed E-state index contributed by atoms with van der Waals surface area (Å²) in [6.45, 7) is 0.174. The number of aliphatic hydroxyl groups excluding tert-OH is 1. The van der Waals surface area contributed by atoms with Gasteiger partial charge < -0.3 is 10.4 Å². The van der Waals surface area contributed by atoms with Gasteiger partial charge in [0.25, 0.3) is 0 Å². The lowest BCUT2D eigenvalue weighted by Gasteiger charge is -2.10.